The van der Waals surface area contributed by atoms with Gasteiger partial charge in [-0.05, 0) is 31.0 Å². The van der Waals surface area contributed by atoms with Crippen molar-refractivity contribution in [2.45, 2.75) is 26.2 Å². The van der Waals surface area contributed by atoms with Gasteiger partial charge in [0.15, 0.2) is 0 Å². The SMILES string of the molecule is CCOC(=O)CCC(=O)NCCc1ccc(C(=O)O)cc1. The van der Waals surface area contributed by atoms with Crippen LogP contribution in [0, 0.1) is 0 Å². The number of hydrogen-bond acceptors (Lipinski definition) is 4. The Kier molecular flexibility index (Phi) is 6.94. The molecule has 0 fully saturated rings. The fraction of sp³-hybridized carbons (Fsp3) is 0.400. The molecule has 0 unspecified atom stereocenters. The van der Waals surface area contributed by atoms with Crippen LogP contribution in [0.1, 0.15) is 35.7 Å². The highest BCUT2D eigenvalue weighted by molar-refractivity contribution is 5.87. The molecule has 1 amide bonds. The number of carbonyl (C=O) groups is 3. The van der Waals surface area contributed by atoms with Crippen molar-refractivity contribution in [1.82, 2.24) is 5.32 Å². The zero-order valence-corrected chi connectivity index (χ0v) is 11.9. The highest BCUT2D eigenvalue weighted by Crippen LogP contribution is 2.04. The van der Waals surface area contributed by atoms with Gasteiger partial charge in [-0.3, -0.25) is 9.59 Å². The van der Waals surface area contributed by atoms with Crippen molar-refractivity contribution in [3.05, 3.63) is 35.4 Å². The van der Waals surface area contributed by atoms with Crippen molar-refractivity contribution in [1.29, 1.82) is 0 Å². The fourth-order valence-electron chi connectivity index (χ4n) is 1.70. The van der Waals surface area contributed by atoms with Gasteiger partial charge in [0.2, 0.25) is 5.91 Å². The van der Waals surface area contributed by atoms with Crippen molar-refractivity contribution in [2.75, 3.05) is 13.2 Å². The predicted molar refractivity (Wildman–Crippen MR) is 76.0 cm³/mol. The molecule has 0 saturated heterocycles. The van der Waals surface area contributed by atoms with E-state index in [-0.39, 0.29) is 30.3 Å². The molecule has 1 aromatic carbocycles. The minimum atomic E-state index is -0.964. The van der Waals surface area contributed by atoms with Gasteiger partial charge in [0.05, 0.1) is 18.6 Å². The van der Waals surface area contributed by atoms with E-state index in [4.69, 9.17) is 9.84 Å². The van der Waals surface area contributed by atoms with Gasteiger partial charge in [-0.25, -0.2) is 4.79 Å². The Morgan fingerprint density at radius 1 is 1.14 bits per heavy atom. The van der Waals surface area contributed by atoms with Crippen LogP contribution in [-0.2, 0) is 20.7 Å². The largest absolute Gasteiger partial charge is 0.478 e. The van der Waals surface area contributed by atoms with Crippen LogP contribution < -0.4 is 5.32 Å². The molecule has 6 heteroatoms. The van der Waals surface area contributed by atoms with E-state index in [0.29, 0.717) is 19.6 Å². The number of carboxylic acids is 1. The molecule has 0 aliphatic heterocycles. The molecule has 2 N–H and O–H groups in total. The van der Waals surface area contributed by atoms with Gasteiger partial charge in [-0.1, -0.05) is 12.1 Å². The second-order valence-corrected chi connectivity index (χ2v) is 4.41. The second kappa shape index (κ2) is 8.73. The summed E-state index contributed by atoms with van der Waals surface area (Å²) in [5, 5.41) is 11.5. The molecule has 0 atom stereocenters. The van der Waals surface area contributed by atoms with Gasteiger partial charge in [-0.15, -0.1) is 0 Å². The molecule has 1 rings (SSSR count). The lowest BCUT2D eigenvalue weighted by molar-refractivity contribution is -0.144. The number of carboxylic acid groups (broad SMARTS) is 1. The Hall–Kier alpha value is -2.37. The van der Waals surface area contributed by atoms with Crippen LogP contribution in [0.5, 0.6) is 0 Å². The van der Waals surface area contributed by atoms with Crippen LogP contribution in [0.15, 0.2) is 24.3 Å². The first-order chi connectivity index (χ1) is 10.0. The molecule has 0 aromatic heterocycles. The summed E-state index contributed by atoms with van der Waals surface area (Å²) in [7, 11) is 0. The van der Waals surface area contributed by atoms with E-state index >= 15 is 0 Å². The third kappa shape index (κ3) is 6.56. The Morgan fingerprint density at radius 2 is 1.81 bits per heavy atom. The molecule has 0 heterocycles. The van der Waals surface area contributed by atoms with Crippen molar-refractivity contribution in [3.8, 4) is 0 Å². The lowest BCUT2D eigenvalue weighted by atomic mass is 10.1. The van der Waals surface area contributed by atoms with Crippen LogP contribution in [-0.4, -0.2) is 36.1 Å². The molecule has 21 heavy (non-hydrogen) atoms. The molecule has 114 valence electrons. The molecule has 6 nitrogen and oxygen atoms in total. The quantitative estimate of drug-likeness (QED) is 0.706. The summed E-state index contributed by atoms with van der Waals surface area (Å²) in [6, 6.07) is 6.49. The molecule has 1 aromatic rings. The van der Waals surface area contributed by atoms with Gasteiger partial charge in [0.25, 0.3) is 0 Å². The van der Waals surface area contributed by atoms with Gasteiger partial charge >= 0.3 is 11.9 Å². The maximum absolute atomic E-state index is 11.5. The Balaban J connectivity index is 2.25. The molecule has 0 bridgehead atoms. The van der Waals surface area contributed by atoms with E-state index in [1.165, 1.54) is 12.1 Å². The lowest BCUT2D eigenvalue weighted by Gasteiger charge is -2.06. The molecule has 0 radical (unpaired) electrons. The second-order valence-electron chi connectivity index (χ2n) is 4.41. The Morgan fingerprint density at radius 3 is 2.38 bits per heavy atom. The monoisotopic (exact) mass is 293 g/mol. The maximum atomic E-state index is 11.5. The molecular weight excluding hydrogens is 274 g/mol. The van der Waals surface area contributed by atoms with E-state index in [1.54, 1.807) is 19.1 Å². The fourth-order valence-corrected chi connectivity index (χ4v) is 1.70. The lowest BCUT2D eigenvalue weighted by Crippen LogP contribution is -2.26. The number of ether oxygens (including phenoxy) is 1. The van der Waals surface area contributed by atoms with Crippen molar-refractivity contribution < 1.29 is 24.2 Å². The van der Waals surface area contributed by atoms with Crippen LogP contribution in [0.3, 0.4) is 0 Å². The summed E-state index contributed by atoms with van der Waals surface area (Å²) < 4.78 is 4.73. The van der Waals surface area contributed by atoms with Crippen LogP contribution >= 0.6 is 0 Å². The highest BCUT2D eigenvalue weighted by Gasteiger charge is 2.07. The summed E-state index contributed by atoms with van der Waals surface area (Å²) in [6.45, 7) is 2.47. The number of rotatable bonds is 8. The zero-order chi connectivity index (χ0) is 15.7. The minimum Gasteiger partial charge on any atom is -0.478 e. The summed E-state index contributed by atoms with van der Waals surface area (Å²) >= 11 is 0. The Labute approximate surface area is 123 Å². The van der Waals surface area contributed by atoms with E-state index in [2.05, 4.69) is 5.32 Å². The predicted octanol–water partition coefficient (Wildman–Crippen LogP) is 1.39. The smallest absolute Gasteiger partial charge is 0.335 e. The van der Waals surface area contributed by atoms with Crippen LogP contribution in [0.25, 0.3) is 0 Å². The third-order valence-corrected chi connectivity index (χ3v) is 2.80. The average Bonchev–Trinajstić information content (AvgIpc) is 2.46. The van der Waals surface area contributed by atoms with E-state index < -0.39 is 5.97 Å². The van der Waals surface area contributed by atoms with Crippen molar-refractivity contribution in [3.63, 3.8) is 0 Å². The first-order valence-corrected chi connectivity index (χ1v) is 6.77. The third-order valence-electron chi connectivity index (χ3n) is 2.80. The average molecular weight is 293 g/mol. The first kappa shape index (κ1) is 16.7. The molecule has 0 aliphatic carbocycles. The van der Waals surface area contributed by atoms with Gasteiger partial charge < -0.3 is 15.2 Å². The van der Waals surface area contributed by atoms with E-state index in [0.717, 1.165) is 5.56 Å². The molecule has 0 spiro atoms. The van der Waals surface area contributed by atoms with Crippen molar-refractivity contribution in [2.24, 2.45) is 0 Å². The van der Waals surface area contributed by atoms with Crippen LogP contribution in [0.4, 0.5) is 0 Å². The number of aromatic carboxylic acids is 1. The number of esters is 1. The summed E-state index contributed by atoms with van der Waals surface area (Å²) in [5.41, 5.74) is 1.17. The summed E-state index contributed by atoms with van der Waals surface area (Å²) in [6.07, 6.45) is 0.787. The number of hydrogen-bond donors (Lipinski definition) is 2. The van der Waals surface area contributed by atoms with Gasteiger partial charge in [0, 0.05) is 13.0 Å². The van der Waals surface area contributed by atoms with E-state index in [9.17, 15) is 14.4 Å². The van der Waals surface area contributed by atoms with Gasteiger partial charge in [-0.2, -0.15) is 0 Å². The first-order valence-electron chi connectivity index (χ1n) is 6.77. The topological polar surface area (TPSA) is 92.7 Å². The van der Waals surface area contributed by atoms with Crippen molar-refractivity contribution >= 4 is 17.8 Å². The van der Waals surface area contributed by atoms with Crippen LogP contribution in [0.2, 0.25) is 0 Å². The Bertz CT molecular complexity index is 495. The molecule has 0 saturated carbocycles. The maximum Gasteiger partial charge on any atom is 0.335 e. The normalized spacial score (nSPS) is 9.95. The van der Waals surface area contributed by atoms with E-state index in [1.807, 2.05) is 0 Å². The molecular formula is C15H19NO5. The standard InChI is InChI=1S/C15H19NO5/c1-2-21-14(18)8-7-13(17)16-10-9-11-3-5-12(6-4-11)15(19)20/h3-6H,2,7-10H2,1H3,(H,16,17)(H,19,20). The van der Waals surface area contributed by atoms with Gasteiger partial charge in [0.1, 0.15) is 0 Å². The minimum absolute atomic E-state index is 0.0764. The molecule has 0 aliphatic rings. The highest BCUT2D eigenvalue weighted by atomic mass is 16.5. The summed E-state index contributed by atoms with van der Waals surface area (Å²) in [5.74, 6) is -1.55. The zero-order valence-electron chi connectivity index (χ0n) is 11.9. The number of nitrogens with one attached hydrogen (secondary N) is 1. The summed E-state index contributed by atoms with van der Waals surface area (Å²) in [4.78, 5) is 33.3. The number of amides is 1. The number of carbonyl (C=O) groups excluding carboxylic acids is 2. The number of benzene rings is 1.